The number of hydrogen-bond acceptors (Lipinski definition) is 2. The molecule has 1 amide bonds. The van der Waals surface area contributed by atoms with Crippen molar-refractivity contribution in [2.45, 2.75) is 0 Å². The molecule has 3 nitrogen and oxygen atoms in total. The van der Waals surface area contributed by atoms with Gasteiger partial charge in [-0.15, -0.1) is 0 Å². The van der Waals surface area contributed by atoms with Crippen LogP contribution in [0.25, 0.3) is 0 Å². The molecule has 1 heterocycles. The van der Waals surface area contributed by atoms with Crippen LogP contribution in [0.5, 0.6) is 0 Å². The zero-order chi connectivity index (χ0) is 9.14. The Labute approximate surface area is 79.7 Å². The summed E-state index contributed by atoms with van der Waals surface area (Å²) in [5.41, 5.74) is 0.333. The van der Waals surface area contributed by atoms with Crippen molar-refractivity contribution in [3.63, 3.8) is 0 Å². The van der Waals surface area contributed by atoms with Gasteiger partial charge in [-0.1, -0.05) is 23.2 Å². The van der Waals surface area contributed by atoms with Crippen LogP contribution in [-0.2, 0) is 0 Å². The maximum atomic E-state index is 11.1. The van der Waals surface area contributed by atoms with Gasteiger partial charge in [0, 0.05) is 13.2 Å². The Morgan fingerprint density at radius 1 is 1.58 bits per heavy atom. The van der Waals surface area contributed by atoms with E-state index in [1.807, 2.05) is 0 Å². The topological polar surface area (TPSA) is 42.0 Å². The molecule has 0 unspecified atom stereocenters. The maximum absolute atomic E-state index is 11.1. The van der Waals surface area contributed by atoms with Crippen molar-refractivity contribution in [3.8, 4) is 0 Å². The highest BCUT2D eigenvalue weighted by Gasteiger charge is 2.10. The molecule has 0 aliphatic rings. The first kappa shape index (κ1) is 9.29. The van der Waals surface area contributed by atoms with Crippen molar-refractivity contribution in [1.29, 1.82) is 0 Å². The molecule has 12 heavy (non-hydrogen) atoms. The lowest BCUT2D eigenvalue weighted by atomic mass is 10.2. The first-order valence-electron chi connectivity index (χ1n) is 3.19. The molecule has 0 aliphatic heterocycles. The molecule has 1 aromatic heterocycles. The fourth-order valence-corrected chi connectivity index (χ4v) is 1.08. The molecule has 1 rings (SSSR count). The van der Waals surface area contributed by atoms with Gasteiger partial charge < -0.3 is 5.32 Å². The number of rotatable bonds is 1. The molecule has 1 aromatic rings. The summed E-state index contributed by atoms with van der Waals surface area (Å²) in [7, 11) is 1.52. The minimum absolute atomic E-state index is 0.137. The molecule has 0 aliphatic carbocycles. The van der Waals surface area contributed by atoms with Crippen molar-refractivity contribution < 1.29 is 4.79 Å². The Morgan fingerprint density at radius 3 is 2.83 bits per heavy atom. The van der Waals surface area contributed by atoms with Gasteiger partial charge in [0.25, 0.3) is 5.91 Å². The number of nitrogens with one attached hydrogen (secondary N) is 1. The zero-order valence-electron chi connectivity index (χ0n) is 6.27. The van der Waals surface area contributed by atoms with E-state index in [0.29, 0.717) is 5.56 Å². The number of carbonyl (C=O) groups is 1. The summed E-state index contributed by atoms with van der Waals surface area (Å²) in [5, 5.41) is 2.76. The van der Waals surface area contributed by atoms with E-state index in [2.05, 4.69) is 10.3 Å². The summed E-state index contributed by atoms with van der Waals surface area (Å²) < 4.78 is 0. The van der Waals surface area contributed by atoms with Crippen LogP contribution >= 0.6 is 23.2 Å². The molecule has 5 heteroatoms. The molecule has 0 bridgehead atoms. The molecule has 0 saturated heterocycles. The van der Waals surface area contributed by atoms with E-state index in [1.165, 1.54) is 19.3 Å². The third-order valence-corrected chi connectivity index (χ3v) is 2.08. The second-order valence-electron chi connectivity index (χ2n) is 2.04. The van der Waals surface area contributed by atoms with Crippen molar-refractivity contribution >= 4 is 29.1 Å². The molecule has 0 fully saturated rings. The van der Waals surface area contributed by atoms with Gasteiger partial charge in [0.05, 0.1) is 10.6 Å². The highest BCUT2D eigenvalue weighted by atomic mass is 35.5. The Hall–Kier alpha value is -0.800. The second kappa shape index (κ2) is 3.74. The number of carbonyl (C=O) groups excluding carboxylic acids is 1. The third-order valence-electron chi connectivity index (χ3n) is 1.32. The lowest BCUT2D eigenvalue weighted by Gasteiger charge is -2.01. The predicted molar refractivity (Wildman–Crippen MR) is 47.6 cm³/mol. The number of aromatic nitrogens is 1. The van der Waals surface area contributed by atoms with Crippen LogP contribution < -0.4 is 5.32 Å². The van der Waals surface area contributed by atoms with E-state index in [9.17, 15) is 4.79 Å². The van der Waals surface area contributed by atoms with E-state index in [4.69, 9.17) is 23.2 Å². The normalized spacial score (nSPS) is 9.58. The van der Waals surface area contributed by atoms with Crippen LogP contribution in [0, 0.1) is 0 Å². The highest BCUT2D eigenvalue weighted by Crippen LogP contribution is 2.22. The average molecular weight is 205 g/mol. The van der Waals surface area contributed by atoms with Crippen LogP contribution in [0.15, 0.2) is 12.3 Å². The Morgan fingerprint density at radius 2 is 2.25 bits per heavy atom. The predicted octanol–water partition coefficient (Wildman–Crippen LogP) is 1.75. The van der Waals surface area contributed by atoms with Crippen LogP contribution in [0.3, 0.4) is 0 Å². The number of amides is 1. The third kappa shape index (κ3) is 1.68. The molecule has 0 spiro atoms. The molecular formula is C7H6Cl2N2O. The standard InChI is InChI=1S/C7H6Cl2N2O/c1-10-7(12)4-2-3-11-6(9)5(4)8/h2-3H,1H3,(H,10,12). The van der Waals surface area contributed by atoms with Gasteiger partial charge in [-0.05, 0) is 6.07 Å². The molecule has 0 saturated carbocycles. The smallest absolute Gasteiger partial charge is 0.252 e. The molecule has 1 N–H and O–H groups in total. The quantitative estimate of drug-likeness (QED) is 0.709. The second-order valence-corrected chi connectivity index (χ2v) is 2.78. The van der Waals surface area contributed by atoms with E-state index in [-0.39, 0.29) is 16.1 Å². The number of hydrogen-bond donors (Lipinski definition) is 1. The van der Waals surface area contributed by atoms with E-state index in [0.717, 1.165) is 0 Å². The van der Waals surface area contributed by atoms with Gasteiger partial charge in [0.1, 0.15) is 5.15 Å². The summed E-state index contributed by atoms with van der Waals surface area (Å²) in [4.78, 5) is 14.8. The Balaban J connectivity index is 3.16. The van der Waals surface area contributed by atoms with Gasteiger partial charge in [0.15, 0.2) is 0 Å². The summed E-state index contributed by atoms with van der Waals surface area (Å²) in [6.07, 6.45) is 1.43. The first-order valence-corrected chi connectivity index (χ1v) is 3.94. The molecule has 64 valence electrons. The minimum atomic E-state index is -0.274. The minimum Gasteiger partial charge on any atom is -0.355 e. The number of halogens is 2. The summed E-state index contributed by atoms with van der Waals surface area (Å²) in [6, 6.07) is 1.51. The van der Waals surface area contributed by atoms with Gasteiger partial charge in [-0.3, -0.25) is 4.79 Å². The van der Waals surface area contributed by atoms with Gasteiger partial charge >= 0.3 is 0 Å². The van der Waals surface area contributed by atoms with Crippen molar-refractivity contribution in [2.75, 3.05) is 7.05 Å². The lowest BCUT2D eigenvalue weighted by Crippen LogP contribution is -2.18. The monoisotopic (exact) mass is 204 g/mol. The van der Waals surface area contributed by atoms with Crippen LogP contribution in [0.1, 0.15) is 10.4 Å². The SMILES string of the molecule is CNC(=O)c1ccnc(Cl)c1Cl. The summed E-state index contributed by atoms with van der Waals surface area (Å²) in [6.45, 7) is 0. The fourth-order valence-electron chi connectivity index (χ4n) is 0.728. The average Bonchev–Trinajstić information content (AvgIpc) is 2.08. The Bertz CT molecular complexity index is 314. The molecule has 0 aromatic carbocycles. The van der Waals surface area contributed by atoms with E-state index >= 15 is 0 Å². The molecule has 0 radical (unpaired) electrons. The van der Waals surface area contributed by atoms with Crippen LogP contribution in [-0.4, -0.2) is 17.9 Å². The summed E-state index contributed by atoms with van der Waals surface area (Å²) >= 11 is 11.3. The van der Waals surface area contributed by atoms with Crippen molar-refractivity contribution in [1.82, 2.24) is 10.3 Å². The highest BCUT2D eigenvalue weighted by molar-refractivity contribution is 6.43. The van der Waals surface area contributed by atoms with Crippen molar-refractivity contribution in [3.05, 3.63) is 28.0 Å². The number of pyridine rings is 1. The largest absolute Gasteiger partial charge is 0.355 e. The maximum Gasteiger partial charge on any atom is 0.252 e. The van der Waals surface area contributed by atoms with Gasteiger partial charge in [0.2, 0.25) is 0 Å². The van der Waals surface area contributed by atoms with Gasteiger partial charge in [-0.25, -0.2) is 4.98 Å². The molecular weight excluding hydrogens is 199 g/mol. The summed E-state index contributed by atoms with van der Waals surface area (Å²) in [5.74, 6) is -0.274. The fraction of sp³-hybridized carbons (Fsp3) is 0.143. The van der Waals surface area contributed by atoms with Gasteiger partial charge in [-0.2, -0.15) is 0 Å². The first-order chi connectivity index (χ1) is 5.66. The van der Waals surface area contributed by atoms with E-state index < -0.39 is 0 Å². The van der Waals surface area contributed by atoms with E-state index in [1.54, 1.807) is 0 Å². The van der Waals surface area contributed by atoms with Crippen LogP contribution in [0.2, 0.25) is 10.2 Å². The lowest BCUT2D eigenvalue weighted by molar-refractivity contribution is 0.0963. The zero-order valence-corrected chi connectivity index (χ0v) is 7.78. The Kier molecular flexibility index (Phi) is 2.89. The number of nitrogens with zero attached hydrogens (tertiary/aromatic N) is 1. The van der Waals surface area contributed by atoms with Crippen molar-refractivity contribution in [2.24, 2.45) is 0 Å². The van der Waals surface area contributed by atoms with Crippen LogP contribution in [0.4, 0.5) is 0 Å². The molecule has 0 atom stereocenters.